The highest BCUT2D eigenvalue weighted by Crippen LogP contribution is 2.21. The van der Waals surface area contributed by atoms with Crippen LogP contribution in [0, 0.1) is 0 Å². The zero-order valence-electron chi connectivity index (χ0n) is 7.97. The molecule has 1 atom stereocenters. The molecule has 3 heteroatoms. The number of hydrogen-bond donors (Lipinski definition) is 1. The van der Waals surface area contributed by atoms with Gasteiger partial charge in [-0.05, 0) is 6.92 Å². The van der Waals surface area contributed by atoms with E-state index in [0.29, 0.717) is 5.89 Å². The molecule has 2 N–H and O–H groups in total. The maximum absolute atomic E-state index is 5.65. The van der Waals surface area contributed by atoms with Crippen LogP contribution in [0.3, 0.4) is 0 Å². The molecule has 0 aliphatic carbocycles. The van der Waals surface area contributed by atoms with Gasteiger partial charge >= 0.3 is 0 Å². The molecule has 0 aliphatic heterocycles. The Morgan fingerprint density at radius 2 is 2.00 bits per heavy atom. The summed E-state index contributed by atoms with van der Waals surface area (Å²) in [5.41, 5.74) is 6.67. The molecule has 0 radical (unpaired) electrons. The average molecular weight is 188 g/mol. The first-order valence-electron chi connectivity index (χ1n) is 4.54. The summed E-state index contributed by atoms with van der Waals surface area (Å²) in [7, 11) is 0. The Kier molecular flexibility index (Phi) is 2.33. The fraction of sp³-hybridized carbons (Fsp3) is 0.182. The lowest BCUT2D eigenvalue weighted by Gasteiger charge is -1.97. The Hall–Kier alpha value is -1.61. The monoisotopic (exact) mass is 188 g/mol. The van der Waals surface area contributed by atoms with Gasteiger partial charge in [-0.2, -0.15) is 0 Å². The number of hydrogen-bond acceptors (Lipinski definition) is 3. The highest BCUT2D eigenvalue weighted by atomic mass is 16.4. The van der Waals surface area contributed by atoms with E-state index in [-0.39, 0.29) is 6.04 Å². The third-order valence-electron chi connectivity index (χ3n) is 1.97. The summed E-state index contributed by atoms with van der Waals surface area (Å²) in [5, 5.41) is 0. The molecule has 0 saturated heterocycles. The number of benzene rings is 1. The van der Waals surface area contributed by atoms with Gasteiger partial charge in [-0.25, -0.2) is 4.98 Å². The van der Waals surface area contributed by atoms with Gasteiger partial charge in [0.15, 0.2) is 5.76 Å². The number of nitrogens with zero attached hydrogens (tertiary/aromatic N) is 1. The molecule has 3 nitrogen and oxygen atoms in total. The molecule has 0 bridgehead atoms. The highest BCUT2D eigenvalue weighted by Gasteiger charge is 2.08. The van der Waals surface area contributed by atoms with Gasteiger partial charge in [-0.3, -0.25) is 0 Å². The molecule has 14 heavy (non-hydrogen) atoms. The SMILES string of the molecule is C[C@@H](N)c1ncc(-c2ccccc2)o1. The second kappa shape index (κ2) is 3.64. The smallest absolute Gasteiger partial charge is 0.211 e. The number of aromatic nitrogens is 1. The van der Waals surface area contributed by atoms with E-state index in [1.54, 1.807) is 6.20 Å². The van der Waals surface area contributed by atoms with Crippen LogP contribution in [0.5, 0.6) is 0 Å². The van der Waals surface area contributed by atoms with Crippen molar-refractivity contribution in [1.82, 2.24) is 4.98 Å². The molecule has 2 aromatic rings. The second-order valence-electron chi connectivity index (χ2n) is 3.22. The topological polar surface area (TPSA) is 52.0 Å². The van der Waals surface area contributed by atoms with Gasteiger partial charge in [0.25, 0.3) is 0 Å². The maximum Gasteiger partial charge on any atom is 0.211 e. The van der Waals surface area contributed by atoms with Gasteiger partial charge in [0.05, 0.1) is 12.2 Å². The molecule has 0 spiro atoms. The van der Waals surface area contributed by atoms with Crippen LogP contribution in [0.1, 0.15) is 18.9 Å². The van der Waals surface area contributed by atoms with E-state index in [2.05, 4.69) is 4.98 Å². The fourth-order valence-electron chi connectivity index (χ4n) is 1.23. The fourth-order valence-corrected chi connectivity index (χ4v) is 1.23. The Bertz CT molecular complexity index is 406. The summed E-state index contributed by atoms with van der Waals surface area (Å²) in [4.78, 5) is 4.10. The Balaban J connectivity index is 2.34. The third-order valence-corrected chi connectivity index (χ3v) is 1.97. The standard InChI is InChI=1S/C11H12N2O/c1-8(12)11-13-7-10(14-11)9-5-3-2-4-6-9/h2-8H,12H2,1H3/t8-/m1/s1. The maximum atomic E-state index is 5.65. The molecule has 0 fully saturated rings. The van der Waals surface area contributed by atoms with E-state index in [1.807, 2.05) is 37.3 Å². The van der Waals surface area contributed by atoms with Gasteiger partial charge in [0, 0.05) is 5.56 Å². The third kappa shape index (κ3) is 1.67. The van der Waals surface area contributed by atoms with Crippen molar-refractivity contribution < 1.29 is 4.42 Å². The van der Waals surface area contributed by atoms with Gasteiger partial charge in [-0.1, -0.05) is 30.3 Å². The van der Waals surface area contributed by atoms with Crippen molar-refractivity contribution in [3.05, 3.63) is 42.4 Å². The van der Waals surface area contributed by atoms with Crippen LogP contribution in [0.4, 0.5) is 0 Å². The van der Waals surface area contributed by atoms with Gasteiger partial charge in [0.1, 0.15) is 0 Å². The van der Waals surface area contributed by atoms with Crippen LogP contribution in [0.2, 0.25) is 0 Å². The molecule has 1 aromatic carbocycles. The Morgan fingerprint density at radius 3 is 2.57 bits per heavy atom. The minimum Gasteiger partial charge on any atom is -0.439 e. The Labute approximate surface area is 82.6 Å². The molecule has 0 saturated carbocycles. The van der Waals surface area contributed by atoms with Crippen LogP contribution in [0.25, 0.3) is 11.3 Å². The molecule has 72 valence electrons. The first-order valence-corrected chi connectivity index (χ1v) is 4.54. The van der Waals surface area contributed by atoms with E-state index in [0.717, 1.165) is 11.3 Å². The van der Waals surface area contributed by atoms with Crippen molar-refractivity contribution in [2.24, 2.45) is 5.73 Å². The van der Waals surface area contributed by atoms with Crippen molar-refractivity contribution >= 4 is 0 Å². The zero-order valence-corrected chi connectivity index (χ0v) is 7.97. The van der Waals surface area contributed by atoms with E-state index in [4.69, 9.17) is 10.2 Å². The van der Waals surface area contributed by atoms with Crippen molar-refractivity contribution in [2.75, 3.05) is 0 Å². The van der Waals surface area contributed by atoms with E-state index in [9.17, 15) is 0 Å². The van der Waals surface area contributed by atoms with Crippen molar-refractivity contribution in [1.29, 1.82) is 0 Å². The molecule has 0 unspecified atom stereocenters. The van der Waals surface area contributed by atoms with Crippen LogP contribution >= 0.6 is 0 Å². The molecule has 1 heterocycles. The molecule has 1 aromatic heterocycles. The summed E-state index contributed by atoms with van der Waals surface area (Å²) in [6, 6.07) is 9.68. The number of oxazole rings is 1. The lowest BCUT2D eigenvalue weighted by atomic mass is 10.2. The lowest BCUT2D eigenvalue weighted by molar-refractivity contribution is 0.473. The highest BCUT2D eigenvalue weighted by molar-refractivity contribution is 5.55. The summed E-state index contributed by atoms with van der Waals surface area (Å²) >= 11 is 0. The van der Waals surface area contributed by atoms with Crippen LogP contribution < -0.4 is 5.73 Å². The predicted octanol–water partition coefficient (Wildman–Crippen LogP) is 2.36. The lowest BCUT2D eigenvalue weighted by Crippen LogP contribution is -2.04. The van der Waals surface area contributed by atoms with E-state index >= 15 is 0 Å². The largest absolute Gasteiger partial charge is 0.439 e. The molecular formula is C11H12N2O. The summed E-state index contributed by atoms with van der Waals surface area (Å²) in [5.74, 6) is 1.33. The van der Waals surface area contributed by atoms with Gasteiger partial charge in [-0.15, -0.1) is 0 Å². The number of rotatable bonds is 2. The first kappa shape index (κ1) is 8.97. The minimum atomic E-state index is -0.160. The van der Waals surface area contributed by atoms with Crippen LogP contribution in [-0.4, -0.2) is 4.98 Å². The normalized spacial score (nSPS) is 12.7. The van der Waals surface area contributed by atoms with E-state index < -0.39 is 0 Å². The van der Waals surface area contributed by atoms with Crippen molar-refractivity contribution in [3.63, 3.8) is 0 Å². The molecule has 0 aliphatic rings. The van der Waals surface area contributed by atoms with Crippen molar-refractivity contribution in [3.8, 4) is 11.3 Å². The van der Waals surface area contributed by atoms with Crippen molar-refractivity contribution in [2.45, 2.75) is 13.0 Å². The molecule has 0 amide bonds. The van der Waals surface area contributed by atoms with Crippen LogP contribution in [0.15, 0.2) is 40.9 Å². The van der Waals surface area contributed by atoms with E-state index in [1.165, 1.54) is 0 Å². The predicted molar refractivity (Wildman–Crippen MR) is 54.5 cm³/mol. The van der Waals surface area contributed by atoms with Gasteiger partial charge in [0.2, 0.25) is 5.89 Å². The molecular weight excluding hydrogens is 176 g/mol. The summed E-state index contributed by atoms with van der Waals surface area (Å²) in [6.07, 6.45) is 1.70. The van der Waals surface area contributed by atoms with Crippen LogP contribution in [-0.2, 0) is 0 Å². The minimum absolute atomic E-state index is 0.160. The summed E-state index contributed by atoms with van der Waals surface area (Å²) in [6.45, 7) is 1.85. The first-order chi connectivity index (χ1) is 6.77. The quantitative estimate of drug-likeness (QED) is 0.787. The Morgan fingerprint density at radius 1 is 1.29 bits per heavy atom. The molecule has 2 rings (SSSR count). The zero-order chi connectivity index (χ0) is 9.97. The number of nitrogens with two attached hydrogens (primary N) is 1. The van der Waals surface area contributed by atoms with Gasteiger partial charge < -0.3 is 10.2 Å². The summed E-state index contributed by atoms with van der Waals surface area (Å²) < 4.78 is 5.50. The average Bonchev–Trinajstić information content (AvgIpc) is 2.68. The second-order valence-corrected chi connectivity index (χ2v) is 3.22.